The molecule has 14 rings (SSSR count). The van der Waals surface area contributed by atoms with Crippen molar-refractivity contribution < 1.29 is 0 Å². The van der Waals surface area contributed by atoms with E-state index in [1.165, 1.54) is 54.1 Å². The summed E-state index contributed by atoms with van der Waals surface area (Å²) in [5, 5.41) is 13.0. The molecule has 0 aliphatic carbocycles. The summed E-state index contributed by atoms with van der Waals surface area (Å²) in [6.07, 6.45) is 0. The van der Waals surface area contributed by atoms with Crippen LogP contribution in [0.15, 0.2) is 188 Å². The van der Waals surface area contributed by atoms with Gasteiger partial charge in [-0.15, -0.1) is 0 Å². The zero-order valence-corrected chi connectivity index (χ0v) is 31.6. The molecule has 5 nitrogen and oxygen atoms in total. The maximum absolute atomic E-state index is 5.66. The van der Waals surface area contributed by atoms with Crippen molar-refractivity contribution in [2.45, 2.75) is 0 Å². The van der Waals surface area contributed by atoms with E-state index in [0.717, 1.165) is 66.2 Å². The monoisotopic (exact) mass is 749 g/mol. The second-order valence-electron chi connectivity index (χ2n) is 15.7. The van der Waals surface area contributed by atoms with Gasteiger partial charge in [-0.3, -0.25) is 4.57 Å². The summed E-state index contributed by atoms with van der Waals surface area (Å²) >= 11 is 0. The van der Waals surface area contributed by atoms with Gasteiger partial charge in [0.15, 0.2) is 0 Å². The molecule has 0 saturated heterocycles. The van der Waals surface area contributed by atoms with Gasteiger partial charge in [-0.25, -0.2) is 9.97 Å². The first-order valence-corrected chi connectivity index (χ1v) is 20.2. The van der Waals surface area contributed by atoms with Crippen molar-refractivity contribution in [3.63, 3.8) is 0 Å². The van der Waals surface area contributed by atoms with Crippen molar-refractivity contribution in [2.75, 3.05) is 0 Å². The smallest absolute Gasteiger partial charge is 0.235 e. The molecule has 0 aliphatic heterocycles. The molecule has 272 valence electrons. The molecule has 5 heterocycles. The van der Waals surface area contributed by atoms with Crippen molar-refractivity contribution in [3.8, 4) is 22.9 Å². The Kier molecular flexibility index (Phi) is 5.96. The van der Waals surface area contributed by atoms with E-state index in [2.05, 4.69) is 202 Å². The van der Waals surface area contributed by atoms with Crippen molar-refractivity contribution >= 4 is 103 Å². The fraction of sp³-hybridized carbons (Fsp3) is 0. The molecule has 0 atom stereocenters. The van der Waals surface area contributed by atoms with Gasteiger partial charge in [0.1, 0.15) is 0 Å². The number of benzene rings is 9. The lowest BCUT2D eigenvalue weighted by Gasteiger charge is -2.15. The molecule has 5 aromatic heterocycles. The molecule has 0 saturated carbocycles. The average molecular weight is 750 g/mol. The van der Waals surface area contributed by atoms with Crippen LogP contribution < -0.4 is 0 Å². The first-order chi connectivity index (χ1) is 29.3. The van der Waals surface area contributed by atoms with Gasteiger partial charge in [-0.05, 0) is 59.3 Å². The zero-order valence-electron chi connectivity index (χ0n) is 31.6. The number of hydrogen-bond acceptors (Lipinski definition) is 2. The Hall–Kier alpha value is -8.02. The Morgan fingerprint density at radius 1 is 0.339 bits per heavy atom. The normalized spacial score (nSPS) is 12.4. The van der Waals surface area contributed by atoms with E-state index in [1.807, 2.05) is 0 Å². The van der Waals surface area contributed by atoms with Gasteiger partial charge in [0, 0.05) is 59.7 Å². The Morgan fingerprint density at radius 3 is 1.80 bits per heavy atom. The van der Waals surface area contributed by atoms with E-state index >= 15 is 0 Å². The van der Waals surface area contributed by atoms with Crippen molar-refractivity contribution in [2.24, 2.45) is 0 Å². The van der Waals surface area contributed by atoms with Gasteiger partial charge in [-0.2, -0.15) is 0 Å². The van der Waals surface area contributed by atoms with Gasteiger partial charge in [0.2, 0.25) is 5.95 Å². The topological polar surface area (TPSA) is 40.0 Å². The maximum Gasteiger partial charge on any atom is 0.235 e. The predicted molar refractivity (Wildman–Crippen MR) is 246 cm³/mol. The molecule has 0 amide bonds. The fourth-order valence-electron chi connectivity index (χ4n) is 10.4. The minimum Gasteiger partial charge on any atom is -0.308 e. The number of aromatic nitrogens is 5. The van der Waals surface area contributed by atoms with Crippen molar-refractivity contribution in [1.29, 1.82) is 0 Å². The van der Waals surface area contributed by atoms with E-state index in [4.69, 9.17) is 9.97 Å². The van der Waals surface area contributed by atoms with E-state index in [0.29, 0.717) is 5.95 Å². The number of fused-ring (bicyclic) bond motifs is 12. The summed E-state index contributed by atoms with van der Waals surface area (Å²) in [6.45, 7) is 0. The molecule has 0 unspecified atom stereocenters. The highest BCUT2D eigenvalue weighted by molar-refractivity contribution is 6.37. The van der Waals surface area contributed by atoms with Crippen LogP contribution in [-0.4, -0.2) is 23.5 Å². The summed E-state index contributed by atoms with van der Waals surface area (Å²) in [5.41, 5.74) is 12.0. The third kappa shape index (κ3) is 3.98. The quantitative estimate of drug-likeness (QED) is 0.169. The first-order valence-electron chi connectivity index (χ1n) is 20.2. The number of para-hydroxylation sites is 4. The van der Waals surface area contributed by atoms with Crippen LogP contribution in [0.2, 0.25) is 0 Å². The van der Waals surface area contributed by atoms with Crippen LogP contribution >= 0.6 is 0 Å². The van der Waals surface area contributed by atoms with E-state index in [9.17, 15) is 0 Å². The molecular formula is C54H31N5. The molecule has 9 aromatic carbocycles. The molecule has 0 spiro atoms. The Labute approximate surface area is 336 Å². The molecule has 0 fully saturated rings. The third-order valence-corrected chi connectivity index (χ3v) is 12.7. The lowest BCUT2D eigenvalue weighted by atomic mass is 10.0. The SMILES string of the molecule is c1ccc(-c2nc(-n3c4cccc5c4c4c(cc6c7ccccc7n(-c7ccccc7)c6c43)c3cccc4c6ccccc6n5c34)nc3c2ccc2ccccc23)cc1. The van der Waals surface area contributed by atoms with Crippen LogP contribution in [0, 0.1) is 0 Å². The van der Waals surface area contributed by atoms with Crippen LogP contribution in [0.5, 0.6) is 0 Å². The van der Waals surface area contributed by atoms with E-state index in [-0.39, 0.29) is 0 Å². The average Bonchev–Trinajstić information content (AvgIpc) is 3.92. The summed E-state index contributed by atoms with van der Waals surface area (Å²) in [5.74, 6) is 0.643. The summed E-state index contributed by atoms with van der Waals surface area (Å²) in [4.78, 5) is 11.3. The standard InChI is InChI=1S/C54H31N5/c1-3-16-33(17-4-1)49-40-30-29-32-15-7-8-20-35(32)50(40)56-54(55-49)59-46-28-14-27-45-48(46)47-41(39-24-13-23-38-36-21-9-12-26-44(36)58(45)51(38)39)31-42-37-22-10-11-25-43(37)57(52(42)53(47)59)34-18-5-2-6-19-34/h1-31H. The summed E-state index contributed by atoms with van der Waals surface area (Å²) < 4.78 is 7.33. The number of rotatable bonds is 3. The first kappa shape index (κ1) is 31.1. The van der Waals surface area contributed by atoms with Crippen molar-refractivity contribution in [1.82, 2.24) is 23.5 Å². The minimum atomic E-state index is 0.643. The minimum absolute atomic E-state index is 0.643. The van der Waals surface area contributed by atoms with Gasteiger partial charge in [0.05, 0.1) is 49.8 Å². The van der Waals surface area contributed by atoms with Crippen LogP contribution in [0.4, 0.5) is 0 Å². The molecule has 0 radical (unpaired) electrons. The highest BCUT2D eigenvalue weighted by Crippen LogP contribution is 2.49. The molecule has 59 heavy (non-hydrogen) atoms. The van der Waals surface area contributed by atoms with Gasteiger partial charge in [0.25, 0.3) is 0 Å². The lowest BCUT2D eigenvalue weighted by molar-refractivity contribution is 1.01. The van der Waals surface area contributed by atoms with Crippen molar-refractivity contribution in [3.05, 3.63) is 188 Å². The number of hydrogen-bond donors (Lipinski definition) is 0. The number of nitrogens with zero attached hydrogens (tertiary/aromatic N) is 5. The molecule has 0 N–H and O–H groups in total. The molecule has 0 bridgehead atoms. The van der Waals surface area contributed by atoms with Gasteiger partial charge >= 0.3 is 0 Å². The highest BCUT2D eigenvalue weighted by Gasteiger charge is 2.28. The van der Waals surface area contributed by atoms with Crippen LogP contribution in [0.1, 0.15) is 0 Å². The molecule has 0 aliphatic rings. The second kappa shape index (κ2) is 11.3. The molecular weight excluding hydrogens is 719 g/mol. The van der Waals surface area contributed by atoms with E-state index < -0.39 is 0 Å². The van der Waals surface area contributed by atoms with Crippen LogP contribution in [-0.2, 0) is 0 Å². The molecule has 5 heteroatoms. The summed E-state index contributed by atoms with van der Waals surface area (Å²) in [6, 6.07) is 68.0. The third-order valence-electron chi connectivity index (χ3n) is 12.7. The van der Waals surface area contributed by atoms with Crippen LogP contribution in [0.25, 0.3) is 126 Å². The largest absolute Gasteiger partial charge is 0.308 e. The predicted octanol–water partition coefficient (Wildman–Crippen LogP) is 13.8. The highest BCUT2D eigenvalue weighted by atomic mass is 15.2. The Morgan fingerprint density at radius 2 is 0.966 bits per heavy atom. The Balaban J connectivity index is 1.31. The fourth-order valence-corrected chi connectivity index (χ4v) is 10.4. The van der Waals surface area contributed by atoms with Gasteiger partial charge in [-0.1, -0.05) is 140 Å². The zero-order chi connectivity index (χ0) is 38.3. The van der Waals surface area contributed by atoms with E-state index in [1.54, 1.807) is 0 Å². The van der Waals surface area contributed by atoms with Gasteiger partial charge < -0.3 is 8.97 Å². The second-order valence-corrected chi connectivity index (χ2v) is 15.7. The maximum atomic E-state index is 5.66. The van der Waals surface area contributed by atoms with Crippen LogP contribution in [0.3, 0.4) is 0 Å². The molecule has 14 aromatic rings. The lowest BCUT2D eigenvalue weighted by Crippen LogP contribution is -2.05. The Bertz CT molecular complexity index is 4060. The summed E-state index contributed by atoms with van der Waals surface area (Å²) in [7, 11) is 0.